The van der Waals surface area contributed by atoms with Gasteiger partial charge >= 0.3 is 0 Å². The molecule has 1 aromatic carbocycles. The topological polar surface area (TPSA) is 65.2 Å². The molecule has 0 radical (unpaired) electrons. The van der Waals surface area contributed by atoms with Crippen LogP contribution in [0.3, 0.4) is 0 Å². The second-order valence-electron chi connectivity index (χ2n) is 3.76. The normalized spacial score (nSPS) is 10.4. The lowest BCUT2D eigenvalue weighted by Crippen LogP contribution is -2.02. The number of aryl methyl sites for hydroxylation is 1. The maximum atomic E-state index is 11.9. The van der Waals surface area contributed by atoms with Gasteiger partial charge in [-0.2, -0.15) is 0 Å². The number of nitrogens with zero attached hydrogens (tertiary/aromatic N) is 2. The third-order valence-corrected chi connectivity index (χ3v) is 3.14. The van der Waals surface area contributed by atoms with E-state index in [4.69, 9.17) is 9.15 Å². The van der Waals surface area contributed by atoms with Crippen LogP contribution in [0.15, 0.2) is 33.9 Å². The average Bonchev–Trinajstić information content (AvgIpc) is 2.83. The van der Waals surface area contributed by atoms with Crippen molar-refractivity contribution in [2.24, 2.45) is 0 Å². The fourth-order valence-electron chi connectivity index (χ4n) is 1.45. The van der Waals surface area contributed by atoms with E-state index in [-0.39, 0.29) is 11.5 Å². The molecule has 0 saturated heterocycles. The van der Waals surface area contributed by atoms with Gasteiger partial charge in [0.05, 0.1) is 12.4 Å². The maximum Gasteiger partial charge on any atom is 0.277 e. The van der Waals surface area contributed by atoms with Gasteiger partial charge in [0.1, 0.15) is 5.75 Å². The summed E-state index contributed by atoms with van der Waals surface area (Å²) in [5, 5.41) is 7.94. The van der Waals surface area contributed by atoms with Crippen LogP contribution in [-0.4, -0.2) is 28.3 Å². The van der Waals surface area contributed by atoms with E-state index in [1.807, 2.05) is 6.92 Å². The van der Waals surface area contributed by atoms with Crippen molar-refractivity contribution in [3.8, 4) is 5.75 Å². The zero-order valence-electron chi connectivity index (χ0n) is 10.8. The van der Waals surface area contributed by atoms with Crippen molar-refractivity contribution in [1.29, 1.82) is 0 Å². The highest BCUT2D eigenvalue weighted by atomic mass is 32.2. The van der Waals surface area contributed by atoms with Crippen LogP contribution in [0, 0.1) is 6.92 Å². The molecule has 2 rings (SSSR count). The van der Waals surface area contributed by atoms with Gasteiger partial charge in [-0.25, -0.2) is 0 Å². The zero-order chi connectivity index (χ0) is 13.7. The third kappa shape index (κ3) is 3.82. The second kappa shape index (κ2) is 6.38. The largest absolute Gasteiger partial charge is 0.494 e. The molecule has 0 fully saturated rings. The number of carbonyl (C=O) groups excluding carboxylic acids is 1. The summed E-state index contributed by atoms with van der Waals surface area (Å²) >= 11 is 1.24. The molecular weight excluding hydrogens is 264 g/mol. The highest BCUT2D eigenvalue weighted by Crippen LogP contribution is 2.18. The molecule has 0 unspecified atom stereocenters. The Kier molecular flexibility index (Phi) is 4.57. The minimum Gasteiger partial charge on any atom is -0.494 e. The van der Waals surface area contributed by atoms with Gasteiger partial charge in [0.15, 0.2) is 5.78 Å². The summed E-state index contributed by atoms with van der Waals surface area (Å²) in [6.45, 7) is 4.24. The van der Waals surface area contributed by atoms with E-state index < -0.39 is 0 Å². The first kappa shape index (κ1) is 13.6. The lowest BCUT2D eigenvalue weighted by atomic mass is 10.1. The smallest absolute Gasteiger partial charge is 0.277 e. The van der Waals surface area contributed by atoms with E-state index >= 15 is 0 Å². The van der Waals surface area contributed by atoms with Gasteiger partial charge in [-0.05, 0) is 31.2 Å². The minimum atomic E-state index is 0.0175. The molecule has 0 aliphatic rings. The maximum absolute atomic E-state index is 11.9. The molecule has 100 valence electrons. The summed E-state index contributed by atoms with van der Waals surface area (Å²) < 4.78 is 10.5. The Bertz CT molecular complexity index is 551. The first-order valence-electron chi connectivity index (χ1n) is 5.88. The summed E-state index contributed by atoms with van der Waals surface area (Å²) in [5.41, 5.74) is 0.646. The number of hydrogen-bond acceptors (Lipinski definition) is 6. The van der Waals surface area contributed by atoms with E-state index in [0.717, 1.165) is 5.75 Å². The summed E-state index contributed by atoms with van der Waals surface area (Å²) in [6.07, 6.45) is 0. The van der Waals surface area contributed by atoms with Gasteiger partial charge in [-0.1, -0.05) is 11.8 Å². The Balaban J connectivity index is 1.92. The molecule has 0 amide bonds. The first-order valence-corrected chi connectivity index (χ1v) is 6.86. The zero-order valence-corrected chi connectivity index (χ0v) is 11.6. The van der Waals surface area contributed by atoms with Crippen molar-refractivity contribution in [1.82, 2.24) is 10.2 Å². The number of ketones is 1. The summed E-state index contributed by atoms with van der Waals surface area (Å²) in [7, 11) is 0. The van der Waals surface area contributed by atoms with Crippen molar-refractivity contribution in [2.75, 3.05) is 12.4 Å². The summed E-state index contributed by atoms with van der Waals surface area (Å²) in [6, 6.07) is 7.09. The average molecular weight is 278 g/mol. The number of carbonyl (C=O) groups is 1. The lowest BCUT2D eigenvalue weighted by molar-refractivity contribution is 0.102. The molecule has 2 aromatic rings. The molecule has 0 aliphatic heterocycles. The molecular formula is C13H14N2O3S. The van der Waals surface area contributed by atoms with Gasteiger partial charge in [0.2, 0.25) is 5.89 Å². The van der Waals surface area contributed by atoms with Gasteiger partial charge in [-0.3, -0.25) is 4.79 Å². The van der Waals surface area contributed by atoms with Crippen molar-refractivity contribution in [3.05, 3.63) is 35.7 Å². The SMILES string of the molecule is CCOc1ccc(C(=O)CSc2nnc(C)o2)cc1. The fourth-order valence-corrected chi connectivity index (χ4v) is 2.15. The number of ether oxygens (including phenoxy) is 1. The number of benzene rings is 1. The first-order chi connectivity index (χ1) is 9.19. The van der Waals surface area contributed by atoms with E-state index in [1.165, 1.54) is 11.8 Å². The number of rotatable bonds is 6. The Morgan fingerprint density at radius 3 is 2.63 bits per heavy atom. The number of hydrogen-bond donors (Lipinski definition) is 0. The van der Waals surface area contributed by atoms with Gasteiger partial charge in [0.25, 0.3) is 5.22 Å². The molecule has 1 aromatic heterocycles. The predicted molar refractivity (Wildman–Crippen MR) is 71.7 cm³/mol. The molecule has 0 N–H and O–H groups in total. The minimum absolute atomic E-state index is 0.0175. The molecule has 0 atom stereocenters. The van der Waals surface area contributed by atoms with E-state index in [9.17, 15) is 4.79 Å². The van der Waals surface area contributed by atoms with E-state index in [2.05, 4.69) is 10.2 Å². The highest BCUT2D eigenvalue weighted by Gasteiger charge is 2.10. The summed E-state index contributed by atoms with van der Waals surface area (Å²) in [5.74, 6) is 1.55. The molecule has 19 heavy (non-hydrogen) atoms. The van der Waals surface area contributed by atoms with Crippen molar-refractivity contribution in [3.63, 3.8) is 0 Å². The summed E-state index contributed by atoms with van der Waals surface area (Å²) in [4.78, 5) is 11.9. The Labute approximate surface area is 115 Å². The van der Waals surface area contributed by atoms with E-state index in [1.54, 1.807) is 31.2 Å². The van der Waals surface area contributed by atoms with Crippen molar-refractivity contribution < 1.29 is 13.9 Å². The van der Waals surface area contributed by atoms with Crippen LogP contribution in [0.5, 0.6) is 5.75 Å². The van der Waals surface area contributed by atoms with Crippen LogP contribution < -0.4 is 4.74 Å². The molecule has 0 aliphatic carbocycles. The molecule has 5 nitrogen and oxygen atoms in total. The highest BCUT2D eigenvalue weighted by molar-refractivity contribution is 7.99. The van der Waals surface area contributed by atoms with Crippen LogP contribution in [0.25, 0.3) is 0 Å². The van der Waals surface area contributed by atoms with Crippen molar-refractivity contribution >= 4 is 17.5 Å². The molecule has 0 spiro atoms. The van der Waals surface area contributed by atoms with Gasteiger partial charge < -0.3 is 9.15 Å². The quantitative estimate of drug-likeness (QED) is 0.598. The van der Waals surface area contributed by atoms with Gasteiger partial charge in [0, 0.05) is 12.5 Å². The third-order valence-electron chi connectivity index (χ3n) is 2.32. The number of thioether (sulfide) groups is 1. The lowest BCUT2D eigenvalue weighted by Gasteiger charge is -2.03. The van der Waals surface area contributed by atoms with Crippen molar-refractivity contribution in [2.45, 2.75) is 19.1 Å². The van der Waals surface area contributed by atoms with Crippen LogP contribution >= 0.6 is 11.8 Å². The van der Waals surface area contributed by atoms with Crippen LogP contribution in [0.1, 0.15) is 23.2 Å². The van der Waals surface area contributed by atoms with Crippen LogP contribution in [0.2, 0.25) is 0 Å². The van der Waals surface area contributed by atoms with E-state index in [0.29, 0.717) is 23.3 Å². The Morgan fingerprint density at radius 2 is 2.05 bits per heavy atom. The standard InChI is InChI=1S/C13H14N2O3S/c1-3-17-11-6-4-10(5-7-11)12(16)8-19-13-15-14-9(2)18-13/h4-7H,3,8H2,1-2H3. The molecule has 0 bridgehead atoms. The molecule has 1 heterocycles. The second-order valence-corrected chi connectivity index (χ2v) is 4.68. The fraction of sp³-hybridized carbons (Fsp3) is 0.308. The number of aromatic nitrogens is 2. The molecule has 0 saturated carbocycles. The van der Waals surface area contributed by atoms with Gasteiger partial charge in [-0.15, -0.1) is 10.2 Å². The Morgan fingerprint density at radius 1 is 1.32 bits per heavy atom. The van der Waals surface area contributed by atoms with Crippen LogP contribution in [0.4, 0.5) is 0 Å². The molecule has 6 heteroatoms. The van der Waals surface area contributed by atoms with Crippen LogP contribution in [-0.2, 0) is 0 Å². The predicted octanol–water partition coefficient (Wildman–Crippen LogP) is 2.75. The Hall–Kier alpha value is -1.82. The monoisotopic (exact) mass is 278 g/mol. The number of Topliss-reactive ketones (excluding diaryl/α,β-unsaturated/α-hetero) is 1.